The molecule has 0 saturated carbocycles. The van der Waals surface area contributed by atoms with E-state index in [1.807, 2.05) is 24.3 Å². The summed E-state index contributed by atoms with van der Waals surface area (Å²) in [6.45, 7) is 13.2. The van der Waals surface area contributed by atoms with Crippen molar-refractivity contribution < 1.29 is 9.90 Å². The highest BCUT2D eigenvalue weighted by Gasteiger charge is 2.27. The van der Waals surface area contributed by atoms with Gasteiger partial charge in [-0.1, -0.05) is 41.5 Å². The molecule has 0 spiro atoms. The summed E-state index contributed by atoms with van der Waals surface area (Å²) < 4.78 is 0. The molecule has 0 fully saturated rings. The maximum atomic E-state index is 12.1. The largest absolute Gasteiger partial charge is 0.507 e. The standard InChI is InChI=1S/C25H30N4O2/c1-24(2,3)16-11-14(12-17(21(16)30)25(4,5)6)22-26-9-8-19(29-22)20-13-15-18(28-20)7-10-27-23(15)31/h8-9,11-13,28,30H,7,10H2,1-6H3,(H,27,31). The zero-order chi connectivity index (χ0) is 22.6. The first-order valence-electron chi connectivity index (χ1n) is 10.7. The van der Waals surface area contributed by atoms with Gasteiger partial charge in [-0.15, -0.1) is 0 Å². The number of aromatic nitrogens is 3. The molecule has 1 amide bonds. The Morgan fingerprint density at radius 2 is 1.65 bits per heavy atom. The van der Waals surface area contributed by atoms with Gasteiger partial charge in [-0.2, -0.15) is 0 Å². The van der Waals surface area contributed by atoms with E-state index in [2.05, 4.69) is 56.8 Å². The molecule has 1 aliphatic heterocycles. The molecule has 1 aromatic carbocycles. The number of aromatic hydroxyl groups is 1. The molecule has 31 heavy (non-hydrogen) atoms. The van der Waals surface area contributed by atoms with Crippen molar-refractivity contribution >= 4 is 5.91 Å². The van der Waals surface area contributed by atoms with Gasteiger partial charge in [0.05, 0.1) is 17.0 Å². The molecule has 0 aliphatic carbocycles. The smallest absolute Gasteiger partial charge is 0.253 e. The Kier molecular flexibility index (Phi) is 4.91. The number of amides is 1. The third kappa shape index (κ3) is 3.94. The lowest BCUT2D eigenvalue weighted by Gasteiger charge is -2.28. The van der Waals surface area contributed by atoms with Crippen molar-refractivity contribution in [2.45, 2.75) is 58.8 Å². The molecular weight excluding hydrogens is 388 g/mol. The fourth-order valence-corrected chi connectivity index (χ4v) is 3.99. The van der Waals surface area contributed by atoms with E-state index in [4.69, 9.17) is 4.98 Å². The molecule has 3 aromatic rings. The highest BCUT2D eigenvalue weighted by atomic mass is 16.3. The summed E-state index contributed by atoms with van der Waals surface area (Å²) in [7, 11) is 0. The number of hydrogen-bond donors (Lipinski definition) is 3. The van der Waals surface area contributed by atoms with E-state index in [-0.39, 0.29) is 16.7 Å². The number of benzene rings is 1. The third-order valence-corrected chi connectivity index (χ3v) is 5.72. The average molecular weight is 419 g/mol. The lowest BCUT2D eigenvalue weighted by Crippen LogP contribution is -2.31. The number of carbonyl (C=O) groups is 1. The fraction of sp³-hybridized carbons (Fsp3) is 0.400. The van der Waals surface area contributed by atoms with Crippen LogP contribution in [0, 0.1) is 0 Å². The zero-order valence-electron chi connectivity index (χ0n) is 19.1. The molecule has 1 aliphatic rings. The van der Waals surface area contributed by atoms with Gasteiger partial charge in [-0.25, -0.2) is 9.97 Å². The summed E-state index contributed by atoms with van der Waals surface area (Å²) in [6, 6.07) is 7.66. The molecule has 3 heterocycles. The lowest BCUT2D eigenvalue weighted by atomic mass is 9.78. The van der Waals surface area contributed by atoms with E-state index in [1.54, 1.807) is 6.20 Å². The molecule has 6 heteroatoms. The zero-order valence-corrected chi connectivity index (χ0v) is 19.1. The van der Waals surface area contributed by atoms with Gasteiger partial charge in [0, 0.05) is 41.5 Å². The molecule has 4 rings (SSSR count). The molecule has 0 bridgehead atoms. The number of H-pyrrole nitrogens is 1. The van der Waals surface area contributed by atoms with Crippen LogP contribution in [0.4, 0.5) is 0 Å². The van der Waals surface area contributed by atoms with Crippen LogP contribution in [-0.2, 0) is 17.3 Å². The van der Waals surface area contributed by atoms with Gasteiger partial charge in [-0.05, 0) is 35.1 Å². The normalized spacial score (nSPS) is 14.3. The summed E-state index contributed by atoms with van der Waals surface area (Å²) >= 11 is 0. The van der Waals surface area contributed by atoms with Crippen LogP contribution in [0.2, 0.25) is 0 Å². The highest BCUT2D eigenvalue weighted by molar-refractivity contribution is 5.97. The maximum Gasteiger partial charge on any atom is 0.253 e. The highest BCUT2D eigenvalue weighted by Crippen LogP contribution is 2.41. The lowest BCUT2D eigenvalue weighted by molar-refractivity contribution is 0.0946. The number of rotatable bonds is 2. The second-order valence-corrected chi connectivity index (χ2v) is 10.3. The van der Waals surface area contributed by atoms with E-state index in [0.717, 1.165) is 40.2 Å². The van der Waals surface area contributed by atoms with E-state index in [9.17, 15) is 9.90 Å². The molecule has 0 radical (unpaired) electrons. The number of nitrogens with zero attached hydrogens (tertiary/aromatic N) is 2. The van der Waals surface area contributed by atoms with Crippen LogP contribution in [0.25, 0.3) is 22.8 Å². The van der Waals surface area contributed by atoms with Gasteiger partial charge in [0.1, 0.15) is 5.75 Å². The second-order valence-electron chi connectivity index (χ2n) is 10.3. The Labute approximate surface area is 183 Å². The topological polar surface area (TPSA) is 90.9 Å². The molecular formula is C25H30N4O2. The number of carbonyl (C=O) groups excluding carboxylic acids is 1. The molecule has 2 aromatic heterocycles. The van der Waals surface area contributed by atoms with Crippen molar-refractivity contribution in [3.05, 3.63) is 52.8 Å². The Bertz CT molecular complexity index is 1130. The summed E-state index contributed by atoms with van der Waals surface area (Å²) in [5, 5.41) is 13.9. The van der Waals surface area contributed by atoms with Crippen LogP contribution in [0.1, 0.15) is 68.7 Å². The third-order valence-electron chi connectivity index (χ3n) is 5.72. The van der Waals surface area contributed by atoms with Crippen LogP contribution in [0.5, 0.6) is 5.75 Å². The van der Waals surface area contributed by atoms with Gasteiger partial charge in [0.25, 0.3) is 5.91 Å². The monoisotopic (exact) mass is 418 g/mol. The SMILES string of the molecule is CC(C)(C)c1cc(-c2nccc(-c3cc4c([nH]3)CCNC4=O)n2)cc(C(C)(C)C)c1O. The van der Waals surface area contributed by atoms with Crippen molar-refractivity contribution in [2.75, 3.05) is 6.54 Å². The maximum absolute atomic E-state index is 12.1. The van der Waals surface area contributed by atoms with Gasteiger partial charge in [0.15, 0.2) is 5.82 Å². The number of hydrogen-bond acceptors (Lipinski definition) is 4. The second kappa shape index (κ2) is 7.22. The first-order valence-corrected chi connectivity index (χ1v) is 10.7. The summed E-state index contributed by atoms with van der Waals surface area (Å²) in [6.07, 6.45) is 2.51. The van der Waals surface area contributed by atoms with E-state index >= 15 is 0 Å². The Balaban J connectivity index is 1.84. The molecule has 162 valence electrons. The molecule has 0 unspecified atom stereocenters. The van der Waals surface area contributed by atoms with Crippen molar-refractivity contribution in [2.24, 2.45) is 0 Å². The number of phenolic OH excluding ortho intramolecular Hbond substituents is 1. The van der Waals surface area contributed by atoms with E-state index in [0.29, 0.717) is 23.7 Å². The fourth-order valence-electron chi connectivity index (χ4n) is 3.99. The molecule has 3 N–H and O–H groups in total. The Morgan fingerprint density at radius 1 is 1.00 bits per heavy atom. The molecule has 0 atom stereocenters. The number of fused-ring (bicyclic) bond motifs is 1. The Morgan fingerprint density at radius 3 is 2.23 bits per heavy atom. The van der Waals surface area contributed by atoms with Crippen LogP contribution in [-0.4, -0.2) is 32.5 Å². The van der Waals surface area contributed by atoms with Crippen LogP contribution >= 0.6 is 0 Å². The number of aromatic amines is 1. The molecule has 6 nitrogen and oxygen atoms in total. The van der Waals surface area contributed by atoms with Gasteiger partial charge < -0.3 is 15.4 Å². The Hall–Kier alpha value is -3.15. The minimum Gasteiger partial charge on any atom is -0.507 e. The first kappa shape index (κ1) is 21.1. The minimum absolute atomic E-state index is 0.0544. The van der Waals surface area contributed by atoms with Crippen molar-refractivity contribution in [3.63, 3.8) is 0 Å². The van der Waals surface area contributed by atoms with Crippen molar-refractivity contribution in [1.82, 2.24) is 20.3 Å². The van der Waals surface area contributed by atoms with Gasteiger partial charge in [0.2, 0.25) is 0 Å². The number of nitrogens with one attached hydrogen (secondary N) is 2. The van der Waals surface area contributed by atoms with Crippen LogP contribution < -0.4 is 5.32 Å². The van der Waals surface area contributed by atoms with Crippen molar-refractivity contribution in [1.29, 1.82) is 0 Å². The summed E-state index contributed by atoms with van der Waals surface area (Å²) in [5.74, 6) is 0.870. The van der Waals surface area contributed by atoms with Crippen LogP contribution in [0.15, 0.2) is 30.5 Å². The minimum atomic E-state index is -0.233. The van der Waals surface area contributed by atoms with Crippen LogP contribution in [0.3, 0.4) is 0 Å². The molecule has 0 saturated heterocycles. The van der Waals surface area contributed by atoms with Crippen molar-refractivity contribution in [3.8, 4) is 28.5 Å². The predicted molar refractivity (Wildman–Crippen MR) is 122 cm³/mol. The van der Waals surface area contributed by atoms with E-state index in [1.165, 1.54) is 0 Å². The predicted octanol–water partition coefficient (Wildman–Crippen LogP) is 4.73. The van der Waals surface area contributed by atoms with Gasteiger partial charge >= 0.3 is 0 Å². The summed E-state index contributed by atoms with van der Waals surface area (Å²) in [4.78, 5) is 24.8. The van der Waals surface area contributed by atoms with Gasteiger partial charge in [-0.3, -0.25) is 4.79 Å². The van der Waals surface area contributed by atoms with E-state index < -0.39 is 0 Å². The average Bonchev–Trinajstić information content (AvgIpc) is 3.12. The quantitative estimate of drug-likeness (QED) is 0.561. The number of phenols is 1. The first-order chi connectivity index (χ1) is 14.4. The summed E-state index contributed by atoms with van der Waals surface area (Å²) in [5.41, 5.74) is 5.29.